The summed E-state index contributed by atoms with van der Waals surface area (Å²) in [6, 6.07) is 5.84. The molecule has 1 aromatic rings. The van der Waals surface area contributed by atoms with E-state index >= 15 is 0 Å². The van der Waals surface area contributed by atoms with Crippen LogP contribution in [0.5, 0.6) is 5.75 Å². The number of halogens is 1. The van der Waals surface area contributed by atoms with E-state index in [1.54, 1.807) is 12.0 Å². The molecular weight excluding hydrogens is 308 g/mol. The van der Waals surface area contributed by atoms with E-state index in [0.717, 1.165) is 28.6 Å². The molecule has 0 aromatic heterocycles. The quantitative estimate of drug-likeness (QED) is 0.902. The highest BCUT2D eigenvalue weighted by Gasteiger charge is 2.49. The average Bonchev–Trinajstić information content (AvgIpc) is 3.19. The molecule has 0 bridgehead atoms. The SMILES string of the molecule is COc1ccc(CN(C)C(=O)C2(CN)CC2)cc1Br. The van der Waals surface area contributed by atoms with Crippen molar-refractivity contribution in [2.24, 2.45) is 11.1 Å². The molecule has 4 nitrogen and oxygen atoms in total. The van der Waals surface area contributed by atoms with Crippen LogP contribution >= 0.6 is 15.9 Å². The highest BCUT2D eigenvalue weighted by atomic mass is 79.9. The highest BCUT2D eigenvalue weighted by molar-refractivity contribution is 9.10. The smallest absolute Gasteiger partial charge is 0.230 e. The number of carbonyl (C=O) groups is 1. The lowest BCUT2D eigenvalue weighted by molar-refractivity contribution is -0.135. The minimum atomic E-state index is -0.279. The summed E-state index contributed by atoms with van der Waals surface area (Å²) < 4.78 is 6.09. The van der Waals surface area contributed by atoms with E-state index in [0.29, 0.717) is 13.1 Å². The van der Waals surface area contributed by atoms with Gasteiger partial charge in [-0.1, -0.05) is 6.07 Å². The molecule has 1 saturated carbocycles. The van der Waals surface area contributed by atoms with Crippen molar-refractivity contribution in [3.8, 4) is 5.75 Å². The van der Waals surface area contributed by atoms with E-state index in [2.05, 4.69) is 15.9 Å². The molecule has 0 radical (unpaired) electrons. The van der Waals surface area contributed by atoms with Crippen molar-refractivity contribution in [2.75, 3.05) is 20.7 Å². The number of nitrogens with two attached hydrogens (primary N) is 1. The molecule has 0 saturated heterocycles. The summed E-state index contributed by atoms with van der Waals surface area (Å²) in [5.41, 5.74) is 6.48. The van der Waals surface area contributed by atoms with Gasteiger partial charge >= 0.3 is 0 Å². The van der Waals surface area contributed by atoms with E-state index in [9.17, 15) is 4.79 Å². The largest absolute Gasteiger partial charge is 0.496 e. The first kappa shape index (κ1) is 14.3. The van der Waals surface area contributed by atoms with Crippen molar-refractivity contribution in [2.45, 2.75) is 19.4 Å². The molecule has 0 heterocycles. The number of ether oxygens (including phenoxy) is 1. The van der Waals surface area contributed by atoms with Crippen LogP contribution < -0.4 is 10.5 Å². The number of carbonyl (C=O) groups excluding carboxylic acids is 1. The molecule has 19 heavy (non-hydrogen) atoms. The van der Waals surface area contributed by atoms with E-state index in [4.69, 9.17) is 10.5 Å². The fraction of sp³-hybridized carbons (Fsp3) is 0.500. The third-order valence-corrected chi connectivity index (χ3v) is 4.30. The average molecular weight is 327 g/mol. The standard InChI is InChI=1S/C14H19BrN2O2/c1-17(13(18)14(9-16)5-6-14)8-10-3-4-12(19-2)11(15)7-10/h3-4,7H,5-6,8-9,16H2,1-2H3. The Bertz CT molecular complexity index is 486. The van der Waals surface area contributed by atoms with Crippen molar-refractivity contribution in [3.63, 3.8) is 0 Å². The zero-order valence-corrected chi connectivity index (χ0v) is 12.9. The van der Waals surface area contributed by atoms with Gasteiger partial charge in [-0.2, -0.15) is 0 Å². The molecule has 0 atom stereocenters. The molecule has 1 amide bonds. The molecule has 1 aliphatic rings. The van der Waals surface area contributed by atoms with Crippen LogP contribution in [0.4, 0.5) is 0 Å². The number of amides is 1. The number of methoxy groups -OCH3 is 1. The molecule has 1 aromatic carbocycles. The van der Waals surface area contributed by atoms with Crippen LogP contribution in [0.15, 0.2) is 22.7 Å². The number of hydrogen-bond donors (Lipinski definition) is 1. The fourth-order valence-electron chi connectivity index (χ4n) is 2.21. The van der Waals surface area contributed by atoms with Gasteiger partial charge in [0.25, 0.3) is 0 Å². The Balaban J connectivity index is 2.05. The van der Waals surface area contributed by atoms with Crippen molar-refractivity contribution in [1.29, 1.82) is 0 Å². The van der Waals surface area contributed by atoms with Gasteiger partial charge in [0, 0.05) is 20.1 Å². The van der Waals surface area contributed by atoms with E-state index in [1.807, 2.05) is 25.2 Å². The Hall–Kier alpha value is -1.07. The maximum absolute atomic E-state index is 12.3. The van der Waals surface area contributed by atoms with Crippen LogP contribution in [0.3, 0.4) is 0 Å². The van der Waals surface area contributed by atoms with Crippen LogP contribution in [0.1, 0.15) is 18.4 Å². The molecule has 104 valence electrons. The first-order chi connectivity index (χ1) is 9.02. The van der Waals surface area contributed by atoms with Gasteiger partial charge < -0.3 is 15.4 Å². The second-order valence-corrected chi connectivity index (χ2v) is 5.97. The predicted molar refractivity (Wildman–Crippen MR) is 77.9 cm³/mol. The van der Waals surface area contributed by atoms with Gasteiger partial charge in [-0.15, -0.1) is 0 Å². The molecule has 1 fully saturated rings. The van der Waals surface area contributed by atoms with E-state index < -0.39 is 0 Å². The Morgan fingerprint density at radius 1 is 1.53 bits per heavy atom. The van der Waals surface area contributed by atoms with Crippen molar-refractivity contribution >= 4 is 21.8 Å². The molecule has 0 unspecified atom stereocenters. The topological polar surface area (TPSA) is 55.6 Å². The monoisotopic (exact) mass is 326 g/mol. The van der Waals surface area contributed by atoms with E-state index in [-0.39, 0.29) is 11.3 Å². The van der Waals surface area contributed by atoms with Gasteiger partial charge in [0.1, 0.15) is 5.75 Å². The first-order valence-electron chi connectivity index (χ1n) is 6.30. The molecule has 0 spiro atoms. The molecular formula is C14H19BrN2O2. The summed E-state index contributed by atoms with van der Waals surface area (Å²) in [5.74, 6) is 0.945. The summed E-state index contributed by atoms with van der Waals surface area (Å²) in [6.07, 6.45) is 1.83. The van der Waals surface area contributed by atoms with Gasteiger partial charge in [0.05, 0.1) is 17.0 Å². The zero-order valence-electron chi connectivity index (χ0n) is 11.3. The van der Waals surface area contributed by atoms with Crippen molar-refractivity contribution in [1.82, 2.24) is 4.90 Å². The zero-order chi connectivity index (χ0) is 14.0. The molecule has 2 N–H and O–H groups in total. The second-order valence-electron chi connectivity index (χ2n) is 5.11. The van der Waals surface area contributed by atoms with Gasteiger partial charge in [-0.25, -0.2) is 0 Å². The minimum Gasteiger partial charge on any atom is -0.496 e. The maximum Gasteiger partial charge on any atom is 0.230 e. The van der Waals surface area contributed by atoms with Crippen LogP contribution in [0, 0.1) is 5.41 Å². The van der Waals surface area contributed by atoms with Gasteiger partial charge in [-0.05, 0) is 46.5 Å². The molecule has 5 heteroatoms. The van der Waals surface area contributed by atoms with Gasteiger partial charge in [0.15, 0.2) is 0 Å². The first-order valence-corrected chi connectivity index (χ1v) is 7.10. The summed E-state index contributed by atoms with van der Waals surface area (Å²) in [5, 5.41) is 0. The third-order valence-electron chi connectivity index (χ3n) is 3.68. The van der Waals surface area contributed by atoms with Crippen LogP contribution in [-0.4, -0.2) is 31.5 Å². The lowest BCUT2D eigenvalue weighted by Crippen LogP contribution is -2.37. The minimum absolute atomic E-state index is 0.155. The Labute approximate surface area is 122 Å². The van der Waals surface area contributed by atoms with Crippen LogP contribution in [0.25, 0.3) is 0 Å². The normalized spacial score (nSPS) is 16.0. The number of hydrogen-bond acceptors (Lipinski definition) is 3. The Kier molecular flexibility index (Phi) is 4.16. The number of benzene rings is 1. The third kappa shape index (κ3) is 2.92. The fourth-order valence-corrected chi connectivity index (χ4v) is 2.80. The van der Waals surface area contributed by atoms with Crippen LogP contribution in [0.2, 0.25) is 0 Å². The Morgan fingerprint density at radius 2 is 2.21 bits per heavy atom. The highest BCUT2D eigenvalue weighted by Crippen LogP contribution is 2.46. The maximum atomic E-state index is 12.3. The lowest BCUT2D eigenvalue weighted by Gasteiger charge is -2.22. The van der Waals surface area contributed by atoms with Crippen molar-refractivity contribution < 1.29 is 9.53 Å². The Morgan fingerprint density at radius 3 is 2.68 bits per heavy atom. The molecule has 2 rings (SSSR count). The van der Waals surface area contributed by atoms with Gasteiger partial charge in [0.2, 0.25) is 5.91 Å². The molecule has 0 aliphatic heterocycles. The van der Waals surface area contributed by atoms with Gasteiger partial charge in [-0.3, -0.25) is 4.79 Å². The summed E-state index contributed by atoms with van der Waals surface area (Å²) in [4.78, 5) is 14.0. The summed E-state index contributed by atoms with van der Waals surface area (Å²) in [6.45, 7) is 1.03. The lowest BCUT2D eigenvalue weighted by atomic mass is 10.1. The summed E-state index contributed by atoms with van der Waals surface area (Å²) >= 11 is 3.45. The number of rotatable bonds is 5. The van der Waals surface area contributed by atoms with Crippen molar-refractivity contribution in [3.05, 3.63) is 28.2 Å². The number of nitrogens with zero attached hydrogens (tertiary/aromatic N) is 1. The molecule has 1 aliphatic carbocycles. The summed E-state index contributed by atoms with van der Waals surface area (Å²) in [7, 11) is 3.46. The predicted octanol–water partition coefficient (Wildman–Crippen LogP) is 2.15. The second kappa shape index (κ2) is 5.51. The van der Waals surface area contributed by atoms with Crippen LogP contribution in [-0.2, 0) is 11.3 Å². The van der Waals surface area contributed by atoms with E-state index in [1.165, 1.54) is 0 Å².